The van der Waals surface area contributed by atoms with Crippen molar-refractivity contribution in [3.8, 4) is 11.5 Å². The van der Waals surface area contributed by atoms with Gasteiger partial charge in [0.2, 0.25) is 0 Å². The summed E-state index contributed by atoms with van der Waals surface area (Å²) in [5.41, 5.74) is 2.75. The summed E-state index contributed by atoms with van der Waals surface area (Å²) in [6.07, 6.45) is 0. The molecule has 4 aromatic rings. The van der Waals surface area contributed by atoms with Gasteiger partial charge in [0.1, 0.15) is 17.1 Å². The lowest BCUT2D eigenvalue weighted by molar-refractivity contribution is 0.0836. The third-order valence-electron chi connectivity index (χ3n) is 5.13. The number of hydrogen-bond donors (Lipinski definition) is 0. The van der Waals surface area contributed by atoms with Gasteiger partial charge in [-0.05, 0) is 42.6 Å². The largest absolute Gasteiger partial charge is 0.456 e. The molecule has 0 spiro atoms. The van der Waals surface area contributed by atoms with Crippen LogP contribution in [-0.2, 0) is 16.6 Å². The van der Waals surface area contributed by atoms with E-state index in [-0.39, 0.29) is 5.04 Å². The summed E-state index contributed by atoms with van der Waals surface area (Å²) in [6.45, 7) is 11.6. The number of furan rings is 1. The molecule has 2 aromatic heterocycles. The van der Waals surface area contributed by atoms with Crippen LogP contribution < -0.4 is 0 Å². The fourth-order valence-corrected chi connectivity index (χ4v) is 4.38. The molecule has 4 nitrogen and oxygen atoms in total. The predicted molar refractivity (Wildman–Crippen MR) is 125 cm³/mol. The van der Waals surface area contributed by atoms with Gasteiger partial charge < -0.3 is 8.84 Å². The number of para-hydroxylation sites is 1. The lowest BCUT2D eigenvalue weighted by atomic mass is 10.1. The minimum atomic E-state index is -0.695. The van der Waals surface area contributed by atoms with Crippen LogP contribution in [0.2, 0.25) is 5.04 Å². The summed E-state index contributed by atoms with van der Waals surface area (Å²) in [7, 11) is -0.695. The van der Waals surface area contributed by atoms with Gasteiger partial charge in [-0.3, -0.25) is 4.68 Å². The van der Waals surface area contributed by atoms with Gasteiger partial charge in [0, 0.05) is 5.39 Å². The van der Waals surface area contributed by atoms with E-state index >= 15 is 0 Å². The van der Waals surface area contributed by atoms with Crippen molar-refractivity contribution in [3.63, 3.8) is 0 Å². The van der Waals surface area contributed by atoms with Gasteiger partial charge in [-0.1, -0.05) is 69.3 Å². The van der Waals surface area contributed by atoms with E-state index in [1.54, 1.807) is 0 Å². The van der Waals surface area contributed by atoms with Crippen molar-refractivity contribution in [2.24, 2.45) is 0 Å². The highest BCUT2D eigenvalue weighted by atomic mass is 28.2. The Kier molecular flexibility index (Phi) is 5.43. The third-order valence-corrected chi connectivity index (χ3v) is 6.86. The molecule has 2 aromatic carbocycles. The van der Waals surface area contributed by atoms with Crippen LogP contribution in [0.1, 0.15) is 45.9 Å². The molecular formula is C25H30N2O2Si. The van der Waals surface area contributed by atoms with Crippen LogP contribution >= 0.6 is 0 Å². The zero-order valence-electron chi connectivity index (χ0n) is 18.5. The fourth-order valence-electron chi connectivity index (χ4n) is 3.44. The zero-order chi connectivity index (χ0) is 21.4. The topological polar surface area (TPSA) is 40.2 Å². The Labute approximate surface area is 180 Å². The first-order valence-electron chi connectivity index (χ1n) is 10.5. The summed E-state index contributed by atoms with van der Waals surface area (Å²) in [4.78, 5) is 0. The molecule has 0 N–H and O–H groups in total. The number of benzene rings is 2. The van der Waals surface area contributed by atoms with E-state index in [1.165, 1.54) is 5.56 Å². The van der Waals surface area contributed by atoms with E-state index in [1.807, 2.05) is 24.3 Å². The van der Waals surface area contributed by atoms with Gasteiger partial charge >= 0.3 is 0 Å². The van der Waals surface area contributed by atoms with Crippen molar-refractivity contribution >= 4 is 20.7 Å². The number of hydrogen-bond acceptors (Lipinski definition) is 3. The highest BCUT2D eigenvalue weighted by Gasteiger charge is 2.28. The monoisotopic (exact) mass is 418 g/mol. The summed E-state index contributed by atoms with van der Waals surface area (Å²) in [6, 6.07) is 22.8. The summed E-state index contributed by atoms with van der Waals surface area (Å²) in [5.74, 6) is 1.62. The molecule has 30 heavy (non-hydrogen) atoms. The van der Waals surface area contributed by atoms with Gasteiger partial charge in [0.15, 0.2) is 15.5 Å². The Hall–Kier alpha value is -2.63. The van der Waals surface area contributed by atoms with Crippen molar-refractivity contribution in [3.05, 3.63) is 78.1 Å². The van der Waals surface area contributed by atoms with E-state index in [4.69, 9.17) is 13.9 Å². The number of nitrogens with zero attached hydrogens (tertiary/aromatic N) is 2. The SMILES string of the molecule is CC(C)(C)[SiH2]OC(C)(C)c1ccc(-c2nn(Cc3ccccc3)c3ccccc23)o1. The Morgan fingerprint density at radius 2 is 1.60 bits per heavy atom. The van der Waals surface area contributed by atoms with Crippen molar-refractivity contribution in [1.82, 2.24) is 9.78 Å². The van der Waals surface area contributed by atoms with E-state index in [0.717, 1.165) is 34.7 Å². The summed E-state index contributed by atoms with van der Waals surface area (Å²) < 4.78 is 14.7. The second-order valence-corrected chi connectivity index (χ2v) is 12.2. The normalized spacial score (nSPS) is 13.0. The van der Waals surface area contributed by atoms with Gasteiger partial charge in [-0.25, -0.2) is 0 Å². The van der Waals surface area contributed by atoms with Crippen LogP contribution in [0.25, 0.3) is 22.4 Å². The minimum Gasteiger partial charge on any atom is -0.456 e. The molecule has 0 aliphatic heterocycles. The number of aromatic nitrogens is 2. The van der Waals surface area contributed by atoms with Crippen molar-refractivity contribution < 1.29 is 8.84 Å². The Bertz CT molecular complexity index is 1140. The molecule has 0 unspecified atom stereocenters. The molecular weight excluding hydrogens is 388 g/mol. The second-order valence-electron chi connectivity index (χ2n) is 9.53. The number of rotatable bonds is 6. The van der Waals surface area contributed by atoms with E-state index < -0.39 is 15.4 Å². The summed E-state index contributed by atoms with van der Waals surface area (Å²) >= 11 is 0. The minimum absolute atomic E-state index is 0.235. The van der Waals surface area contributed by atoms with Gasteiger partial charge in [-0.2, -0.15) is 5.10 Å². The van der Waals surface area contributed by atoms with Crippen molar-refractivity contribution in [2.75, 3.05) is 0 Å². The van der Waals surface area contributed by atoms with Crippen LogP contribution in [0.3, 0.4) is 0 Å². The molecule has 0 bridgehead atoms. The maximum atomic E-state index is 6.32. The second kappa shape index (κ2) is 7.89. The Balaban J connectivity index is 1.67. The van der Waals surface area contributed by atoms with Crippen LogP contribution in [-0.4, -0.2) is 19.5 Å². The van der Waals surface area contributed by atoms with Gasteiger partial charge in [0.05, 0.1) is 12.1 Å². The van der Waals surface area contributed by atoms with E-state index in [9.17, 15) is 0 Å². The molecule has 0 atom stereocenters. The van der Waals surface area contributed by atoms with Crippen LogP contribution in [0, 0.1) is 0 Å². The Morgan fingerprint density at radius 3 is 2.33 bits per heavy atom. The van der Waals surface area contributed by atoms with Crippen LogP contribution in [0.4, 0.5) is 0 Å². The molecule has 0 aliphatic carbocycles. The number of fused-ring (bicyclic) bond motifs is 1. The first-order chi connectivity index (χ1) is 14.2. The molecule has 0 fully saturated rings. The van der Waals surface area contributed by atoms with Crippen LogP contribution in [0.5, 0.6) is 0 Å². The molecule has 2 heterocycles. The standard InChI is InChI=1S/C25H30N2O2Si/c1-24(2,3)30-29-25(4,5)22-16-15-21(28-22)23-19-13-9-10-14-20(19)27(26-23)17-18-11-7-6-8-12-18/h6-16H,17,30H2,1-5H3. The predicted octanol–water partition coefficient (Wildman–Crippen LogP) is 5.90. The first kappa shape index (κ1) is 20.6. The maximum Gasteiger partial charge on any atom is 0.168 e. The fraction of sp³-hybridized carbons (Fsp3) is 0.320. The molecule has 0 saturated carbocycles. The van der Waals surface area contributed by atoms with Crippen molar-refractivity contribution in [1.29, 1.82) is 0 Å². The van der Waals surface area contributed by atoms with Crippen molar-refractivity contribution in [2.45, 2.75) is 51.8 Å². The molecule has 0 saturated heterocycles. The zero-order valence-corrected chi connectivity index (χ0v) is 19.9. The third kappa shape index (κ3) is 4.42. The molecule has 0 amide bonds. The lowest BCUT2D eigenvalue weighted by Gasteiger charge is -2.28. The first-order valence-corrected chi connectivity index (χ1v) is 11.8. The lowest BCUT2D eigenvalue weighted by Crippen LogP contribution is -2.27. The van der Waals surface area contributed by atoms with Gasteiger partial charge in [-0.15, -0.1) is 0 Å². The quantitative estimate of drug-likeness (QED) is 0.366. The maximum absolute atomic E-state index is 6.32. The average Bonchev–Trinajstić information content (AvgIpc) is 3.33. The van der Waals surface area contributed by atoms with E-state index in [2.05, 4.69) is 81.8 Å². The van der Waals surface area contributed by atoms with Gasteiger partial charge in [0.25, 0.3) is 0 Å². The van der Waals surface area contributed by atoms with E-state index in [0.29, 0.717) is 0 Å². The molecule has 4 rings (SSSR count). The Morgan fingerprint density at radius 1 is 0.900 bits per heavy atom. The highest BCUT2D eigenvalue weighted by molar-refractivity contribution is 6.31. The smallest absolute Gasteiger partial charge is 0.168 e. The molecule has 5 heteroatoms. The molecule has 0 radical (unpaired) electrons. The summed E-state index contributed by atoms with van der Waals surface area (Å²) in [5, 5.41) is 6.26. The highest BCUT2D eigenvalue weighted by Crippen LogP contribution is 2.35. The van der Waals surface area contributed by atoms with Crippen LogP contribution in [0.15, 0.2) is 71.1 Å². The molecule has 0 aliphatic rings. The average molecular weight is 419 g/mol. The molecule has 156 valence electrons.